The van der Waals surface area contributed by atoms with E-state index in [1.807, 2.05) is 12.1 Å². The molecule has 0 radical (unpaired) electrons. The van der Waals surface area contributed by atoms with E-state index in [2.05, 4.69) is 27.0 Å². The van der Waals surface area contributed by atoms with E-state index in [1.165, 1.54) is 5.69 Å². The van der Waals surface area contributed by atoms with Gasteiger partial charge in [-0.1, -0.05) is 12.1 Å². The Balaban J connectivity index is 1.48. The van der Waals surface area contributed by atoms with Crippen molar-refractivity contribution in [1.82, 2.24) is 14.9 Å². The Bertz CT molecular complexity index is 1150. The van der Waals surface area contributed by atoms with E-state index in [0.29, 0.717) is 23.0 Å². The third-order valence-electron chi connectivity index (χ3n) is 5.07. The molecule has 1 amide bonds. The van der Waals surface area contributed by atoms with Crippen molar-refractivity contribution < 1.29 is 9.53 Å². The van der Waals surface area contributed by atoms with Crippen molar-refractivity contribution >= 4 is 34.7 Å². The number of rotatable bonds is 4. The molecule has 0 saturated carbocycles. The highest BCUT2D eigenvalue weighted by atomic mass is 32.1. The summed E-state index contributed by atoms with van der Waals surface area (Å²) in [6, 6.07) is 13.2. The van der Waals surface area contributed by atoms with E-state index in [1.54, 1.807) is 30.1 Å². The van der Waals surface area contributed by atoms with E-state index in [-0.39, 0.29) is 16.2 Å². The lowest BCUT2D eigenvalue weighted by atomic mass is 10.1. The van der Waals surface area contributed by atoms with Gasteiger partial charge in [-0.05, 0) is 48.1 Å². The summed E-state index contributed by atoms with van der Waals surface area (Å²) in [5.74, 6) is -0.122. The van der Waals surface area contributed by atoms with Gasteiger partial charge in [0.05, 0.1) is 24.1 Å². The molecule has 7 nitrogen and oxygen atoms in total. The van der Waals surface area contributed by atoms with Crippen LogP contribution in [0.2, 0.25) is 0 Å². The van der Waals surface area contributed by atoms with Crippen LogP contribution in [0.4, 0.5) is 5.69 Å². The minimum atomic E-state index is -0.267. The van der Waals surface area contributed by atoms with Gasteiger partial charge in [-0.3, -0.25) is 14.6 Å². The number of aromatic nitrogens is 2. The van der Waals surface area contributed by atoms with Crippen molar-refractivity contribution in [3.8, 4) is 0 Å². The average Bonchev–Trinajstić information content (AvgIpc) is 2.73. The van der Waals surface area contributed by atoms with Gasteiger partial charge in [0, 0.05) is 37.9 Å². The molecule has 2 N–H and O–H groups in total. The van der Waals surface area contributed by atoms with Gasteiger partial charge < -0.3 is 19.5 Å². The first kappa shape index (κ1) is 19.4. The second-order valence-corrected chi connectivity index (χ2v) is 7.50. The van der Waals surface area contributed by atoms with Crippen molar-refractivity contribution in [2.24, 2.45) is 0 Å². The van der Waals surface area contributed by atoms with Crippen molar-refractivity contribution in [2.75, 3.05) is 38.3 Å². The molecule has 1 fully saturated rings. The highest BCUT2D eigenvalue weighted by Gasteiger charge is 2.15. The van der Waals surface area contributed by atoms with Crippen LogP contribution >= 0.6 is 12.2 Å². The molecule has 1 aliphatic heterocycles. The second-order valence-electron chi connectivity index (χ2n) is 7.10. The predicted molar refractivity (Wildman–Crippen MR) is 115 cm³/mol. The number of nitrogens with zero attached hydrogens (tertiary/aromatic N) is 2. The molecule has 0 aliphatic carbocycles. The number of morpholine rings is 1. The molecule has 0 unspecified atom stereocenters. The predicted octanol–water partition coefficient (Wildman–Crippen LogP) is 2.69. The topological polar surface area (TPSA) is 81.4 Å². The molecule has 29 heavy (non-hydrogen) atoms. The Labute approximate surface area is 172 Å². The molecule has 0 bridgehead atoms. The molecule has 0 spiro atoms. The number of nitrogens with one attached hydrogen (secondary N) is 2. The number of hydrogen-bond acceptors (Lipinski definition) is 5. The van der Waals surface area contributed by atoms with Crippen LogP contribution in [0.5, 0.6) is 0 Å². The third-order valence-corrected chi connectivity index (χ3v) is 5.27. The van der Waals surface area contributed by atoms with E-state index in [4.69, 9.17) is 17.0 Å². The number of amides is 1. The lowest BCUT2D eigenvalue weighted by Gasteiger charge is -2.29. The number of hydrogen-bond donors (Lipinski definition) is 2. The van der Waals surface area contributed by atoms with Gasteiger partial charge in [-0.25, -0.2) is 0 Å². The Kier molecular flexibility index (Phi) is 5.46. The molecule has 1 aliphatic rings. The molecule has 1 saturated heterocycles. The van der Waals surface area contributed by atoms with E-state index in [9.17, 15) is 9.59 Å². The van der Waals surface area contributed by atoms with Crippen LogP contribution in [0.1, 0.15) is 15.9 Å². The van der Waals surface area contributed by atoms with Gasteiger partial charge >= 0.3 is 0 Å². The van der Waals surface area contributed by atoms with Crippen molar-refractivity contribution in [1.29, 1.82) is 0 Å². The number of anilines is 1. The fraction of sp³-hybridized carbons (Fsp3) is 0.286. The molecule has 0 atom stereocenters. The number of fused-ring (bicyclic) bond motifs is 1. The first-order chi connectivity index (χ1) is 14.0. The molecule has 1 aromatic heterocycles. The minimum absolute atomic E-state index is 0.122. The monoisotopic (exact) mass is 410 g/mol. The summed E-state index contributed by atoms with van der Waals surface area (Å²) in [6.45, 7) is 3.78. The summed E-state index contributed by atoms with van der Waals surface area (Å²) in [4.78, 5) is 34.2. The number of H-pyrrole nitrogens is 2. The lowest BCUT2D eigenvalue weighted by Crippen LogP contribution is -2.36. The smallest absolute Gasteiger partial charge is 0.259 e. The molecule has 2 heterocycles. The van der Waals surface area contributed by atoms with Crippen molar-refractivity contribution in [2.45, 2.75) is 6.54 Å². The van der Waals surface area contributed by atoms with Gasteiger partial charge in [0.25, 0.3) is 11.5 Å². The SMILES string of the molecule is CN(Cc1ccc(N2CCOCC2)cc1)C(=O)c1ccc2c(=O)[nH]c(=S)[nH]c2c1. The summed E-state index contributed by atoms with van der Waals surface area (Å²) in [5, 5.41) is 0.469. The summed E-state index contributed by atoms with van der Waals surface area (Å²) in [7, 11) is 1.77. The van der Waals surface area contributed by atoms with E-state index < -0.39 is 0 Å². The first-order valence-corrected chi connectivity index (χ1v) is 9.85. The van der Waals surface area contributed by atoms with E-state index in [0.717, 1.165) is 31.9 Å². The normalized spacial score (nSPS) is 14.2. The Morgan fingerprint density at radius 2 is 1.86 bits per heavy atom. The molecule has 4 rings (SSSR count). The Hall–Kier alpha value is -2.97. The van der Waals surface area contributed by atoms with Crippen LogP contribution < -0.4 is 10.5 Å². The van der Waals surface area contributed by atoms with E-state index >= 15 is 0 Å². The number of carbonyl (C=O) groups excluding carboxylic acids is 1. The van der Waals surface area contributed by atoms with Crippen LogP contribution in [0.15, 0.2) is 47.3 Å². The van der Waals surface area contributed by atoms with Gasteiger partial charge in [0.2, 0.25) is 0 Å². The minimum Gasteiger partial charge on any atom is -0.378 e. The van der Waals surface area contributed by atoms with Gasteiger partial charge in [0.15, 0.2) is 4.77 Å². The lowest BCUT2D eigenvalue weighted by molar-refractivity contribution is 0.0785. The van der Waals surface area contributed by atoms with Crippen molar-refractivity contribution in [3.05, 3.63) is 68.7 Å². The zero-order valence-electron chi connectivity index (χ0n) is 16.1. The number of ether oxygens (including phenoxy) is 1. The third kappa shape index (κ3) is 4.23. The quantitative estimate of drug-likeness (QED) is 0.647. The number of benzene rings is 2. The molecule has 150 valence electrons. The van der Waals surface area contributed by atoms with Crippen molar-refractivity contribution in [3.63, 3.8) is 0 Å². The fourth-order valence-corrected chi connectivity index (χ4v) is 3.71. The van der Waals surface area contributed by atoms with Crippen LogP contribution in [0.3, 0.4) is 0 Å². The van der Waals surface area contributed by atoms with Gasteiger partial charge in [0.1, 0.15) is 0 Å². The van der Waals surface area contributed by atoms with Crippen LogP contribution in [0.25, 0.3) is 10.9 Å². The molecule has 8 heteroatoms. The average molecular weight is 410 g/mol. The maximum atomic E-state index is 12.9. The van der Waals surface area contributed by atoms with Crippen LogP contribution in [-0.2, 0) is 11.3 Å². The molecule has 2 aromatic carbocycles. The summed E-state index contributed by atoms with van der Waals surface area (Å²) >= 11 is 5.02. The number of carbonyl (C=O) groups is 1. The molecular weight excluding hydrogens is 388 g/mol. The zero-order valence-corrected chi connectivity index (χ0v) is 16.9. The summed E-state index contributed by atoms with van der Waals surface area (Å²) in [5.41, 5.74) is 3.00. The zero-order chi connectivity index (χ0) is 20.4. The first-order valence-electron chi connectivity index (χ1n) is 9.45. The van der Waals surface area contributed by atoms with Crippen LogP contribution in [-0.4, -0.2) is 54.1 Å². The van der Waals surface area contributed by atoms with Gasteiger partial charge in [-0.15, -0.1) is 0 Å². The fourth-order valence-electron chi connectivity index (χ4n) is 3.50. The Morgan fingerprint density at radius 1 is 1.14 bits per heavy atom. The largest absolute Gasteiger partial charge is 0.378 e. The number of aromatic amines is 2. The van der Waals surface area contributed by atoms with Gasteiger partial charge in [-0.2, -0.15) is 0 Å². The highest BCUT2D eigenvalue weighted by molar-refractivity contribution is 7.71. The second kappa shape index (κ2) is 8.18. The summed E-state index contributed by atoms with van der Waals surface area (Å²) in [6.07, 6.45) is 0. The van der Waals surface area contributed by atoms with Crippen LogP contribution in [0, 0.1) is 4.77 Å². The Morgan fingerprint density at radius 3 is 2.59 bits per heavy atom. The maximum Gasteiger partial charge on any atom is 0.259 e. The highest BCUT2D eigenvalue weighted by Crippen LogP contribution is 2.18. The molecule has 3 aromatic rings. The summed E-state index contributed by atoms with van der Waals surface area (Å²) < 4.78 is 5.63. The molecular formula is C21H22N4O3S. The maximum absolute atomic E-state index is 12.9. The standard InChI is InChI=1S/C21H22N4O3S/c1-24(13-14-2-5-16(6-3-14)25-8-10-28-11-9-25)20(27)15-4-7-17-18(12-15)22-21(29)23-19(17)26/h2-7,12H,8-11,13H2,1H3,(H2,22,23,26,29).